The number of fused-ring (bicyclic) bond motifs is 1. The largest absolute Gasteiger partial charge is 0.494 e. The Labute approximate surface area is 125 Å². The molecule has 2 aliphatic heterocycles. The molecule has 1 fully saturated rings. The fourth-order valence-corrected chi connectivity index (χ4v) is 3.23. The van der Waals surface area contributed by atoms with E-state index in [2.05, 4.69) is 5.32 Å². The van der Waals surface area contributed by atoms with E-state index in [1.165, 1.54) is 0 Å². The number of nitrogens with one attached hydrogen (secondary N) is 1. The first kappa shape index (κ1) is 14.5. The SMILES string of the molecule is CCOc1cc(OCC)c2c(c1)OC1(CCNC1)CC2O. The standard InChI is InChI=1S/C16H23NO4/c1-3-19-11-7-13(20-4-2)15-12(18)9-16(5-6-17-10-16)21-14(15)8-11/h7-8,12,17-18H,3-6,9-10H2,1-2H3. The lowest BCUT2D eigenvalue weighted by Gasteiger charge is -2.38. The topological polar surface area (TPSA) is 60.0 Å². The number of ether oxygens (including phenoxy) is 3. The molecule has 5 nitrogen and oxygen atoms in total. The molecule has 1 spiro atoms. The third kappa shape index (κ3) is 2.68. The number of aliphatic hydroxyl groups excluding tert-OH is 1. The third-order valence-corrected chi connectivity index (χ3v) is 4.12. The van der Waals surface area contributed by atoms with Crippen LogP contribution in [0, 0.1) is 0 Å². The van der Waals surface area contributed by atoms with Crippen LogP contribution in [0.5, 0.6) is 17.2 Å². The molecule has 0 amide bonds. The second-order valence-electron chi connectivity index (χ2n) is 5.63. The van der Waals surface area contributed by atoms with Gasteiger partial charge < -0.3 is 24.6 Å². The van der Waals surface area contributed by atoms with Crippen LogP contribution in [-0.4, -0.2) is 37.0 Å². The van der Waals surface area contributed by atoms with E-state index in [-0.39, 0.29) is 5.60 Å². The minimum atomic E-state index is -0.564. The van der Waals surface area contributed by atoms with Gasteiger partial charge in [0.2, 0.25) is 0 Å². The van der Waals surface area contributed by atoms with Gasteiger partial charge in [0.15, 0.2) is 0 Å². The number of hydrogen-bond acceptors (Lipinski definition) is 5. The van der Waals surface area contributed by atoms with Gasteiger partial charge in [0.1, 0.15) is 22.8 Å². The lowest BCUT2D eigenvalue weighted by molar-refractivity contribution is -0.00214. The maximum Gasteiger partial charge on any atom is 0.133 e. The first-order valence-electron chi connectivity index (χ1n) is 7.69. The minimum Gasteiger partial charge on any atom is -0.494 e. The van der Waals surface area contributed by atoms with Crippen molar-refractivity contribution in [1.29, 1.82) is 0 Å². The van der Waals surface area contributed by atoms with Crippen molar-refractivity contribution in [3.8, 4) is 17.2 Å². The summed E-state index contributed by atoms with van der Waals surface area (Å²) in [6, 6.07) is 3.70. The molecule has 1 aromatic carbocycles. The van der Waals surface area contributed by atoms with Crippen molar-refractivity contribution >= 4 is 0 Å². The zero-order valence-corrected chi connectivity index (χ0v) is 12.6. The van der Waals surface area contributed by atoms with Crippen molar-refractivity contribution in [3.63, 3.8) is 0 Å². The fraction of sp³-hybridized carbons (Fsp3) is 0.625. The molecule has 2 N–H and O–H groups in total. The lowest BCUT2D eigenvalue weighted by Crippen LogP contribution is -2.43. The van der Waals surface area contributed by atoms with E-state index in [4.69, 9.17) is 14.2 Å². The maximum absolute atomic E-state index is 10.6. The number of benzene rings is 1. The molecule has 116 valence electrons. The van der Waals surface area contributed by atoms with Crippen LogP contribution in [0.2, 0.25) is 0 Å². The van der Waals surface area contributed by atoms with E-state index in [1.54, 1.807) is 0 Å². The zero-order valence-electron chi connectivity index (χ0n) is 12.6. The molecule has 2 heterocycles. The van der Waals surface area contributed by atoms with Gasteiger partial charge in [-0.25, -0.2) is 0 Å². The van der Waals surface area contributed by atoms with Gasteiger partial charge in [-0.3, -0.25) is 0 Å². The van der Waals surface area contributed by atoms with Crippen molar-refractivity contribution in [2.24, 2.45) is 0 Å². The molecular weight excluding hydrogens is 270 g/mol. The van der Waals surface area contributed by atoms with Crippen molar-refractivity contribution in [2.75, 3.05) is 26.3 Å². The lowest BCUT2D eigenvalue weighted by atomic mass is 9.87. The molecule has 2 atom stereocenters. The average molecular weight is 293 g/mol. The molecule has 0 saturated carbocycles. The molecule has 21 heavy (non-hydrogen) atoms. The quantitative estimate of drug-likeness (QED) is 0.889. The first-order chi connectivity index (χ1) is 10.2. The molecule has 5 heteroatoms. The molecule has 0 aliphatic carbocycles. The van der Waals surface area contributed by atoms with Gasteiger partial charge in [-0.2, -0.15) is 0 Å². The molecule has 0 aromatic heterocycles. The van der Waals surface area contributed by atoms with Gasteiger partial charge in [-0.15, -0.1) is 0 Å². The monoisotopic (exact) mass is 293 g/mol. The summed E-state index contributed by atoms with van der Waals surface area (Å²) < 4.78 is 17.5. The van der Waals surface area contributed by atoms with Gasteiger partial charge in [0.25, 0.3) is 0 Å². The van der Waals surface area contributed by atoms with Crippen molar-refractivity contribution < 1.29 is 19.3 Å². The number of aliphatic hydroxyl groups is 1. The molecular formula is C16H23NO4. The summed E-state index contributed by atoms with van der Waals surface area (Å²) in [4.78, 5) is 0. The second kappa shape index (κ2) is 5.73. The van der Waals surface area contributed by atoms with E-state index in [0.717, 1.165) is 30.8 Å². The summed E-state index contributed by atoms with van der Waals surface area (Å²) in [6.45, 7) is 6.69. The minimum absolute atomic E-state index is 0.305. The molecule has 0 radical (unpaired) electrons. The first-order valence-corrected chi connectivity index (χ1v) is 7.69. The highest BCUT2D eigenvalue weighted by atomic mass is 16.5. The highest BCUT2D eigenvalue weighted by Gasteiger charge is 2.44. The summed E-state index contributed by atoms with van der Waals surface area (Å²) in [5, 5.41) is 13.9. The number of hydrogen-bond donors (Lipinski definition) is 2. The summed E-state index contributed by atoms with van der Waals surface area (Å²) in [5.41, 5.74) is 0.443. The Morgan fingerprint density at radius 2 is 2.14 bits per heavy atom. The fourth-order valence-electron chi connectivity index (χ4n) is 3.23. The van der Waals surface area contributed by atoms with E-state index in [0.29, 0.717) is 31.1 Å². The predicted molar refractivity (Wildman–Crippen MR) is 79.2 cm³/mol. The van der Waals surface area contributed by atoms with Crippen LogP contribution in [0.4, 0.5) is 0 Å². The number of rotatable bonds is 4. The highest BCUT2D eigenvalue weighted by molar-refractivity contribution is 5.53. The molecule has 1 aromatic rings. The van der Waals surface area contributed by atoms with E-state index < -0.39 is 6.10 Å². The Bertz CT molecular complexity index is 511. The van der Waals surface area contributed by atoms with Crippen molar-refractivity contribution in [1.82, 2.24) is 5.32 Å². The normalized spacial score (nSPS) is 27.3. The zero-order chi connectivity index (χ0) is 14.9. The van der Waals surface area contributed by atoms with Crippen molar-refractivity contribution in [3.05, 3.63) is 17.7 Å². The Balaban J connectivity index is 2.01. The predicted octanol–water partition coefficient (Wildman–Crippen LogP) is 2.03. The summed E-state index contributed by atoms with van der Waals surface area (Å²) in [7, 11) is 0. The maximum atomic E-state index is 10.6. The van der Waals surface area contributed by atoms with Crippen LogP contribution >= 0.6 is 0 Å². The second-order valence-corrected chi connectivity index (χ2v) is 5.63. The Morgan fingerprint density at radius 1 is 1.33 bits per heavy atom. The summed E-state index contributed by atoms with van der Waals surface area (Å²) >= 11 is 0. The van der Waals surface area contributed by atoms with Gasteiger partial charge in [-0.05, 0) is 20.4 Å². The van der Waals surface area contributed by atoms with E-state index >= 15 is 0 Å². The molecule has 2 unspecified atom stereocenters. The third-order valence-electron chi connectivity index (χ3n) is 4.12. The van der Waals surface area contributed by atoms with E-state index in [1.807, 2.05) is 26.0 Å². The molecule has 0 bridgehead atoms. The van der Waals surface area contributed by atoms with Crippen LogP contribution in [0.15, 0.2) is 12.1 Å². The molecule has 2 aliphatic rings. The van der Waals surface area contributed by atoms with E-state index in [9.17, 15) is 5.11 Å². The Morgan fingerprint density at radius 3 is 2.81 bits per heavy atom. The smallest absolute Gasteiger partial charge is 0.133 e. The van der Waals surface area contributed by atoms with Crippen LogP contribution in [-0.2, 0) is 0 Å². The Kier molecular flexibility index (Phi) is 3.95. The van der Waals surface area contributed by atoms with Crippen LogP contribution in [0.1, 0.15) is 38.4 Å². The van der Waals surface area contributed by atoms with Crippen LogP contribution in [0.25, 0.3) is 0 Å². The highest BCUT2D eigenvalue weighted by Crippen LogP contribution is 2.48. The average Bonchev–Trinajstić information content (AvgIpc) is 2.86. The van der Waals surface area contributed by atoms with Gasteiger partial charge >= 0.3 is 0 Å². The van der Waals surface area contributed by atoms with Gasteiger partial charge in [0.05, 0.1) is 24.9 Å². The summed E-state index contributed by atoms with van der Waals surface area (Å²) in [5.74, 6) is 2.06. The summed E-state index contributed by atoms with van der Waals surface area (Å²) in [6.07, 6.45) is 0.943. The van der Waals surface area contributed by atoms with Gasteiger partial charge in [0, 0.05) is 31.5 Å². The molecule has 1 saturated heterocycles. The Hall–Kier alpha value is -1.46. The van der Waals surface area contributed by atoms with Crippen LogP contribution in [0.3, 0.4) is 0 Å². The molecule has 3 rings (SSSR count). The van der Waals surface area contributed by atoms with Crippen LogP contribution < -0.4 is 19.5 Å². The van der Waals surface area contributed by atoms with Gasteiger partial charge in [-0.1, -0.05) is 0 Å². The van der Waals surface area contributed by atoms with Crippen molar-refractivity contribution in [2.45, 2.75) is 38.4 Å².